The summed E-state index contributed by atoms with van der Waals surface area (Å²) in [6.07, 6.45) is 4.59. The normalized spacial score (nSPS) is 10.4. The fourth-order valence-corrected chi connectivity index (χ4v) is 2.45. The van der Waals surface area contributed by atoms with Crippen molar-refractivity contribution < 1.29 is 23.8 Å². The van der Waals surface area contributed by atoms with Crippen LogP contribution in [0.2, 0.25) is 0 Å². The SMILES string of the molecule is COc1cc(C=O)cc(C=CCCNC(=O)OCc2ccccc2)c1OC. The number of hydrogen-bond donors (Lipinski definition) is 1. The van der Waals surface area contributed by atoms with Crippen LogP contribution in [0.4, 0.5) is 4.79 Å². The smallest absolute Gasteiger partial charge is 0.407 e. The van der Waals surface area contributed by atoms with Crippen molar-refractivity contribution in [1.29, 1.82) is 0 Å². The fraction of sp³-hybridized carbons (Fsp3) is 0.238. The third-order valence-electron chi connectivity index (χ3n) is 3.76. The predicted molar refractivity (Wildman–Crippen MR) is 103 cm³/mol. The summed E-state index contributed by atoms with van der Waals surface area (Å²) in [5.41, 5.74) is 2.16. The van der Waals surface area contributed by atoms with Crippen LogP contribution < -0.4 is 14.8 Å². The summed E-state index contributed by atoms with van der Waals surface area (Å²) in [5, 5.41) is 2.69. The first-order valence-corrected chi connectivity index (χ1v) is 8.50. The lowest BCUT2D eigenvalue weighted by Crippen LogP contribution is -2.24. The Bertz CT molecular complexity index is 787. The molecule has 0 aromatic heterocycles. The first kappa shape index (κ1) is 20.0. The summed E-state index contributed by atoms with van der Waals surface area (Å²) >= 11 is 0. The maximum atomic E-state index is 11.7. The summed E-state index contributed by atoms with van der Waals surface area (Å²) in [6.45, 7) is 0.662. The van der Waals surface area contributed by atoms with Gasteiger partial charge in [-0.1, -0.05) is 42.5 Å². The zero-order chi connectivity index (χ0) is 19.5. The van der Waals surface area contributed by atoms with Crippen molar-refractivity contribution in [2.75, 3.05) is 20.8 Å². The average molecular weight is 369 g/mol. The van der Waals surface area contributed by atoms with Crippen LogP contribution >= 0.6 is 0 Å². The minimum atomic E-state index is -0.463. The van der Waals surface area contributed by atoms with E-state index in [2.05, 4.69) is 5.32 Å². The van der Waals surface area contributed by atoms with Crippen LogP contribution in [-0.2, 0) is 11.3 Å². The number of alkyl carbamates (subject to hydrolysis) is 1. The molecule has 1 amide bonds. The molecule has 0 saturated carbocycles. The highest BCUT2D eigenvalue weighted by atomic mass is 16.5. The van der Waals surface area contributed by atoms with Gasteiger partial charge < -0.3 is 19.5 Å². The van der Waals surface area contributed by atoms with Crippen LogP contribution in [0.15, 0.2) is 48.5 Å². The summed E-state index contributed by atoms with van der Waals surface area (Å²) in [4.78, 5) is 22.7. The molecule has 6 nitrogen and oxygen atoms in total. The van der Waals surface area contributed by atoms with E-state index in [-0.39, 0.29) is 6.61 Å². The molecule has 6 heteroatoms. The van der Waals surface area contributed by atoms with E-state index in [1.807, 2.05) is 42.5 Å². The second-order valence-electron chi connectivity index (χ2n) is 5.64. The second-order valence-corrected chi connectivity index (χ2v) is 5.64. The lowest BCUT2D eigenvalue weighted by molar-refractivity contribution is 0.112. The van der Waals surface area contributed by atoms with Crippen molar-refractivity contribution in [3.63, 3.8) is 0 Å². The molecule has 2 aromatic rings. The maximum Gasteiger partial charge on any atom is 0.407 e. The lowest BCUT2D eigenvalue weighted by atomic mass is 10.1. The van der Waals surface area contributed by atoms with Crippen molar-refractivity contribution in [3.8, 4) is 11.5 Å². The van der Waals surface area contributed by atoms with Crippen molar-refractivity contribution in [2.45, 2.75) is 13.0 Å². The Morgan fingerprint density at radius 2 is 1.89 bits per heavy atom. The quantitative estimate of drug-likeness (QED) is 0.537. The molecular weight excluding hydrogens is 346 g/mol. The van der Waals surface area contributed by atoms with Crippen molar-refractivity contribution >= 4 is 18.5 Å². The molecule has 0 saturated heterocycles. The molecule has 0 aliphatic rings. The molecule has 0 atom stereocenters. The standard InChI is InChI=1S/C21H23NO5/c1-25-19-13-17(14-23)12-18(20(19)26-2)10-6-7-11-22-21(24)27-15-16-8-4-3-5-9-16/h3-6,8-10,12-14H,7,11,15H2,1-2H3,(H,22,24). The molecule has 2 aromatic carbocycles. The number of rotatable bonds is 9. The van der Waals surface area contributed by atoms with Gasteiger partial charge in [0, 0.05) is 17.7 Å². The molecule has 0 unspecified atom stereocenters. The molecule has 0 radical (unpaired) electrons. The van der Waals surface area contributed by atoms with Gasteiger partial charge >= 0.3 is 6.09 Å². The average Bonchev–Trinajstić information content (AvgIpc) is 2.71. The highest BCUT2D eigenvalue weighted by Crippen LogP contribution is 2.33. The second kappa shape index (κ2) is 10.7. The van der Waals surface area contributed by atoms with Crippen LogP contribution in [0.25, 0.3) is 6.08 Å². The number of carbonyl (C=O) groups is 2. The first-order valence-electron chi connectivity index (χ1n) is 8.50. The fourth-order valence-electron chi connectivity index (χ4n) is 2.45. The van der Waals surface area contributed by atoms with E-state index in [4.69, 9.17) is 14.2 Å². The van der Waals surface area contributed by atoms with Crippen LogP contribution in [0.5, 0.6) is 11.5 Å². The summed E-state index contributed by atoms with van der Waals surface area (Å²) < 4.78 is 15.7. The molecule has 0 heterocycles. The molecular formula is C21H23NO5. The van der Waals surface area contributed by atoms with Gasteiger partial charge in [0.25, 0.3) is 0 Å². The largest absolute Gasteiger partial charge is 0.493 e. The van der Waals surface area contributed by atoms with E-state index in [1.54, 1.807) is 19.2 Å². The Balaban J connectivity index is 1.83. The van der Waals surface area contributed by atoms with E-state index in [0.29, 0.717) is 30.0 Å². The van der Waals surface area contributed by atoms with Gasteiger partial charge in [-0.15, -0.1) is 0 Å². The number of hydrogen-bond acceptors (Lipinski definition) is 5. The van der Waals surface area contributed by atoms with E-state index >= 15 is 0 Å². The molecule has 0 fully saturated rings. The molecule has 0 spiro atoms. The van der Waals surface area contributed by atoms with Gasteiger partial charge in [-0.05, 0) is 24.1 Å². The van der Waals surface area contributed by atoms with Crippen LogP contribution in [0.1, 0.15) is 27.9 Å². The van der Waals surface area contributed by atoms with Crippen molar-refractivity contribution in [3.05, 3.63) is 65.2 Å². The first-order chi connectivity index (χ1) is 13.2. The number of nitrogens with one attached hydrogen (secondary N) is 1. The Kier molecular flexibility index (Phi) is 7.91. The van der Waals surface area contributed by atoms with E-state index in [1.165, 1.54) is 7.11 Å². The van der Waals surface area contributed by atoms with Crippen LogP contribution in [0.3, 0.4) is 0 Å². The van der Waals surface area contributed by atoms with Crippen molar-refractivity contribution in [1.82, 2.24) is 5.32 Å². The summed E-state index contributed by atoms with van der Waals surface area (Å²) in [7, 11) is 3.06. The minimum Gasteiger partial charge on any atom is -0.493 e. The van der Waals surface area contributed by atoms with Gasteiger partial charge in [0.1, 0.15) is 12.9 Å². The van der Waals surface area contributed by atoms with Crippen molar-refractivity contribution in [2.24, 2.45) is 0 Å². The highest BCUT2D eigenvalue weighted by Gasteiger charge is 2.10. The molecule has 2 rings (SSSR count). The number of benzene rings is 2. The Hall–Kier alpha value is -3.28. The Morgan fingerprint density at radius 1 is 1.11 bits per heavy atom. The lowest BCUT2D eigenvalue weighted by Gasteiger charge is -2.11. The van der Waals surface area contributed by atoms with E-state index in [9.17, 15) is 9.59 Å². The molecule has 142 valence electrons. The molecule has 0 aliphatic heterocycles. The van der Waals surface area contributed by atoms with Gasteiger partial charge in [-0.3, -0.25) is 4.79 Å². The topological polar surface area (TPSA) is 73.9 Å². The van der Waals surface area contributed by atoms with Gasteiger partial charge in [0.15, 0.2) is 11.5 Å². The molecule has 1 N–H and O–H groups in total. The number of methoxy groups -OCH3 is 2. The monoisotopic (exact) mass is 369 g/mol. The molecule has 0 aliphatic carbocycles. The zero-order valence-electron chi connectivity index (χ0n) is 15.4. The number of ether oxygens (including phenoxy) is 3. The number of aldehydes is 1. The van der Waals surface area contributed by atoms with Gasteiger partial charge in [0.2, 0.25) is 0 Å². The molecule has 0 bridgehead atoms. The number of amides is 1. The minimum absolute atomic E-state index is 0.234. The van der Waals surface area contributed by atoms with Gasteiger partial charge in [0.05, 0.1) is 14.2 Å². The zero-order valence-corrected chi connectivity index (χ0v) is 15.4. The Morgan fingerprint density at radius 3 is 2.56 bits per heavy atom. The number of carbonyl (C=O) groups excluding carboxylic acids is 2. The van der Waals surface area contributed by atoms with E-state index < -0.39 is 6.09 Å². The van der Waals surface area contributed by atoms with Crippen LogP contribution in [0, 0.1) is 0 Å². The molecule has 27 heavy (non-hydrogen) atoms. The van der Waals surface area contributed by atoms with Gasteiger partial charge in [-0.2, -0.15) is 0 Å². The van der Waals surface area contributed by atoms with Gasteiger partial charge in [-0.25, -0.2) is 4.79 Å². The van der Waals surface area contributed by atoms with E-state index in [0.717, 1.165) is 17.4 Å². The van der Waals surface area contributed by atoms with Crippen LogP contribution in [-0.4, -0.2) is 33.1 Å². The third kappa shape index (κ3) is 6.18. The predicted octanol–water partition coefficient (Wildman–Crippen LogP) is 3.85. The highest BCUT2D eigenvalue weighted by molar-refractivity contribution is 5.80. The summed E-state index contributed by atoms with van der Waals surface area (Å²) in [5.74, 6) is 1.04. The summed E-state index contributed by atoms with van der Waals surface area (Å²) in [6, 6.07) is 12.8. The maximum absolute atomic E-state index is 11.7. The third-order valence-corrected chi connectivity index (χ3v) is 3.76. The Labute approximate surface area is 158 Å².